The summed E-state index contributed by atoms with van der Waals surface area (Å²) in [4.78, 5) is 13.2. The number of rotatable bonds is 10. The third-order valence-corrected chi connectivity index (χ3v) is 7.61. The van der Waals surface area contributed by atoms with Gasteiger partial charge in [-0.2, -0.15) is 0 Å². The highest BCUT2D eigenvalue weighted by Crippen LogP contribution is 2.27. The van der Waals surface area contributed by atoms with E-state index < -0.39 is 15.9 Å². The molecule has 0 aliphatic heterocycles. The lowest BCUT2D eigenvalue weighted by atomic mass is 10.0. The fraction of sp³-hybridized carbons (Fsp3) is 0.296. The van der Waals surface area contributed by atoms with Crippen molar-refractivity contribution < 1.29 is 22.7 Å². The molecule has 0 heterocycles. The first-order valence-corrected chi connectivity index (χ1v) is 12.8. The van der Waals surface area contributed by atoms with E-state index in [0.29, 0.717) is 17.9 Å². The van der Waals surface area contributed by atoms with Crippen molar-refractivity contribution in [1.82, 2.24) is 5.32 Å². The maximum atomic E-state index is 13.6. The van der Waals surface area contributed by atoms with Gasteiger partial charge in [0.05, 0.1) is 30.8 Å². The number of hydrogen-bond donors (Lipinski definition) is 1. The number of nitrogens with one attached hydrogen (secondary N) is 1. The van der Waals surface area contributed by atoms with E-state index >= 15 is 0 Å². The Bertz CT molecular complexity index is 1260. The number of amides is 1. The van der Waals surface area contributed by atoms with Gasteiger partial charge >= 0.3 is 0 Å². The highest BCUT2D eigenvalue weighted by atomic mass is 32.2. The summed E-state index contributed by atoms with van der Waals surface area (Å²) < 4.78 is 38.8. The molecule has 0 radical (unpaired) electrons. The Hall–Kier alpha value is -3.52. The van der Waals surface area contributed by atoms with Gasteiger partial charge in [-0.05, 0) is 73.9 Å². The van der Waals surface area contributed by atoms with Crippen LogP contribution in [0.25, 0.3) is 0 Å². The molecule has 0 saturated carbocycles. The number of anilines is 1. The van der Waals surface area contributed by atoms with Crippen molar-refractivity contribution in [1.29, 1.82) is 0 Å². The van der Waals surface area contributed by atoms with E-state index in [9.17, 15) is 13.2 Å². The summed E-state index contributed by atoms with van der Waals surface area (Å²) in [6.07, 6.45) is 0.646. The molecule has 0 saturated heterocycles. The van der Waals surface area contributed by atoms with E-state index in [4.69, 9.17) is 9.47 Å². The van der Waals surface area contributed by atoms with Crippen LogP contribution in [0.15, 0.2) is 71.6 Å². The summed E-state index contributed by atoms with van der Waals surface area (Å²) in [5.41, 5.74) is 3.29. The van der Waals surface area contributed by atoms with Crippen LogP contribution in [0.3, 0.4) is 0 Å². The Labute approximate surface area is 207 Å². The molecular weight excluding hydrogens is 464 g/mol. The second kappa shape index (κ2) is 11.3. The number of nitrogens with zero attached hydrogens (tertiary/aromatic N) is 1. The number of benzene rings is 3. The van der Waals surface area contributed by atoms with E-state index in [2.05, 4.69) is 5.32 Å². The van der Waals surface area contributed by atoms with Crippen molar-refractivity contribution in [2.45, 2.75) is 38.1 Å². The molecule has 35 heavy (non-hydrogen) atoms. The first-order valence-electron chi connectivity index (χ1n) is 11.4. The number of carbonyl (C=O) groups excluding carboxylic acids is 1. The average Bonchev–Trinajstić information content (AvgIpc) is 2.86. The highest BCUT2D eigenvalue weighted by molar-refractivity contribution is 7.92. The average molecular weight is 497 g/mol. The minimum Gasteiger partial charge on any atom is -0.497 e. The first-order chi connectivity index (χ1) is 16.7. The van der Waals surface area contributed by atoms with Crippen LogP contribution in [-0.2, 0) is 14.8 Å². The summed E-state index contributed by atoms with van der Waals surface area (Å²) in [5, 5.41) is 3.00. The standard InChI is InChI=1S/C27H32N2O5S/c1-6-25(21-9-16-26(34-5)20(3)17-21)28-27(30)18-29(22-10-7-19(2)8-11-22)35(31,32)24-14-12-23(33-4)13-15-24/h7-17,25H,6,18H2,1-5H3,(H,28,30)/t25-/m0/s1. The van der Waals surface area contributed by atoms with Gasteiger partial charge in [0.2, 0.25) is 5.91 Å². The quantitative estimate of drug-likeness (QED) is 0.437. The lowest BCUT2D eigenvalue weighted by Gasteiger charge is -2.26. The second-order valence-electron chi connectivity index (χ2n) is 8.28. The van der Waals surface area contributed by atoms with Crippen molar-refractivity contribution in [3.05, 3.63) is 83.4 Å². The van der Waals surface area contributed by atoms with E-state index in [1.54, 1.807) is 31.4 Å². The Balaban J connectivity index is 1.90. The van der Waals surface area contributed by atoms with E-state index in [1.165, 1.54) is 19.2 Å². The van der Waals surface area contributed by atoms with Crippen LogP contribution >= 0.6 is 0 Å². The Morgan fingerprint density at radius 1 is 0.943 bits per heavy atom. The Morgan fingerprint density at radius 2 is 1.60 bits per heavy atom. The fourth-order valence-electron chi connectivity index (χ4n) is 3.81. The first kappa shape index (κ1) is 26.1. The van der Waals surface area contributed by atoms with Gasteiger partial charge in [-0.15, -0.1) is 0 Å². The summed E-state index contributed by atoms with van der Waals surface area (Å²) in [7, 11) is -0.880. The van der Waals surface area contributed by atoms with Crippen LogP contribution in [-0.4, -0.2) is 35.1 Å². The predicted octanol–water partition coefficient (Wildman–Crippen LogP) is 4.78. The number of carbonyl (C=O) groups is 1. The third-order valence-electron chi connectivity index (χ3n) is 5.82. The van der Waals surface area contributed by atoms with Gasteiger partial charge in [0, 0.05) is 0 Å². The highest BCUT2D eigenvalue weighted by Gasteiger charge is 2.28. The largest absolute Gasteiger partial charge is 0.497 e. The number of hydrogen-bond acceptors (Lipinski definition) is 5. The van der Waals surface area contributed by atoms with Gasteiger partial charge < -0.3 is 14.8 Å². The molecule has 0 bridgehead atoms. The van der Waals surface area contributed by atoms with Crippen molar-refractivity contribution in [3.8, 4) is 11.5 Å². The van der Waals surface area contributed by atoms with Crippen LogP contribution in [0.2, 0.25) is 0 Å². The zero-order valence-corrected chi connectivity index (χ0v) is 21.6. The molecule has 3 rings (SSSR count). The molecule has 0 unspecified atom stereocenters. The summed E-state index contributed by atoms with van der Waals surface area (Å²) >= 11 is 0. The zero-order valence-electron chi connectivity index (χ0n) is 20.7. The van der Waals surface area contributed by atoms with Crippen LogP contribution in [0.1, 0.15) is 36.1 Å². The lowest BCUT2D eigenvalue weighted by molar-refractivity contribution is -0.120. The zero-order chi connectivity index (χ0) is 25.6. The maximum absolute atomic E-state index is 13.6. The molecule has 3 aromatic rings. The van der Waals surface area contributed by atoms with E-state index in [-0.39, 0.29) is 17.5 Å². The van der Waals surface area contributed by atoms with Crippen molar-refractivity contribution in [2.75, 3.05) is 25.1 Å². The minimum absolute atomic E-state index is 0.0736. The van der Waals surface area contributed by atoms with Crippen molar-refractivity contribution in [3.63, 3.8) is 0 Å². The lowest BCUT2D eigenvalue weighted by Crippen LogP contribution is -2.42. The monoisotopic (exact) mass is 496 g/mol. The number of sulfonamides is 1. The van der Waals surface area contributed by atoms with Crippen LogP contribution < -0.4 is 19.1 Å². The minimum atomic E-state index is -4.01. The van der Waals surface area contributed by atoms with Crippen molar-refractivity contribution >= 4 is 21.6 Å². The number of methoxy groups -OCH3 is 2. The Kier molecular flexibility index (Phi) is 8.40. The number of ether oxygens (including phenoxy) is 2. The van der Waals surface area contributed by atoms with Gasteiger partial charge in [-0.1, -0.05) is 36.8 Å². The van der Waals surface area contributed by atoms with Crippen LogP contribution in [0.4, 0.5) is 5.69 Å². The summed E-state index contributed by atoms with van der Waals surface area (Å²) in [6.45, 7) is 5.47. The van der Waals surface area contributed by atoms with E-state index in [0.717, 1.165) is 26.7 Å². The molecule has 3 aromatic carbocycles. The second-order valence-corrected chi connectivity index (χ2v) is 10.1. The van der Waals surface area contributed by atoms with Gasteiger partial charge in [-0.3, -0.25) is 9.10 Å². The van der Waals surface area contributed by atoms with Gasteiger partial charge in [0.1, 0.15) is 18.0 Å². The van der Waals surface area contributed by atoms with Crippen LogP contribution in [0.5, 0.6) is 11.5 Å². The van der Waals surface area contributed by atoms with Gasteiger partial charge in [-0.25, -0.2) is 8.42 Å². The SMILES string of the molecule is CC[C@H](NC(=O)CN(c1ccc(C)cc1)S(=O)(=O)c1ccc(OC)cc1)c1ccc(OC)c(C)c1. The van der Waals surface area contributed by atoms with Crippen LogP contribution in [0, 0.1) is 13.8 Å². The number of aryl methyl sites for hydroxylation is 2. The molecule has 1 atom stereocenters. The molecule has 7 nitrogen and oxygen atoms in total. The maximum Gasteiger partial charge on any atom is 0.264 e. The smallest absolute Gasteiger partial charge is 0.264 e. The van der Waals surface area contributed by atoms with Gasteiger partial charge in [0.15, 0.2) is 0 Å². The molecule has 1 amide bonds. The van der Waals surface area contributed by atoms with Crippen molar-refractivity contribution in [2.24, 2.45) is 0 Å². The molecule has 1 N–H and O–H groups in total. The molecule has 0 spiro atoms. The molecule has 8 heteroatoms. The topological polar surface area (TPSA) is 84.9 Å². The molecule has 0 aromatic heterocycles. The van der Waals surface area contributed by atoms with E-state index in [1.807, 2.05) is 51.1 Å². The third kappa shape index (κ3) is 6.14. The molecule has 0 aliphatic carbocycles. The summed E-state index contributed by atoms with van der Waals surface area (Å²) in [6, 6.07) is 18.6. The molecule has 0 aliphatic rings. The molecule has 0 fully saturated rings. The molecule has 186 valence electrons. The normalized spacial score (nSPS) is 12.0. The summed E-state index contributed by atoms with van der Waals surface area (Å²) in [5.74, 6) is 0.915. The van der Waals surface area contributed by atoms with Gasteiger partial charge in [0.25, 0.3) is 10.0 Å². The Morgan fingerprint density at radius 3 is 2.14 bits per heavy atom. The predicted molar refractivity (Wildman–Crippen MR) is 138 cm³/mol. The molecular formula is C27H32N2O5S. The fourth-order valence-corrected chi connectivity index (χ4v) is 5.23.